The van der Waals surface area contributed by atoms with Gasteiger partial charge in [0.1, 0.15) is 12.4 Å². The molecule has 31 heavy (non-hydrogen) atoms. The van der Waals surface area contributed by atoms with Crippen molar-refractivity contribution < 1.29 is 36.7 Å². The lowest BCUT2D eigenvalue weighted by molar-refractivity contribution is -0.154. The van der Waals surface area contributed by atoms with Crippen molar-refractivity contribution in [1.29, 1.82) is 0 Å². The molecule has 2 amide bonds. The minimum atomic E-state index is -4.52. The van der Waals surface area contributed by atoms with Crippen LogP contribution >= 0.6 is 0 Å². The lowest BCUT2D eigenvalue weighted by atomic mass is 10.1. The van der Waals surface area contributed by atoms with Gasteiger partial charge in [0.25, 0.3) is 11.8 Å². The fourth-order valence-corrected chi connectivity index (χ4v) is 2.52. The second kappa shape index (κ2) is 10.1. The van der Waals surface area contributed by atoms with Gasteiger partial charge in [0.15, 0.2) is 6.10 Å². The van der Waals surface area contributed by atoms with Gasteiger partial charge in [0.2, 0.25) is 0 Å². The molecule has 0 saturated heterocycles. The molecule has 0 radical (unpaired) electrons. The molecule has 0 saturated carbocycles. The average molecular weight is 440 g/mol. The van der Waals surface area contributed by atoms with Crippen LogP contribution in [0.1, 0.15) is 41.4 Å². The second-order valence-electron chi connectivity index (χ2n) is 6.67. The molecule has 0 aliphatic rings. The van der Waals surface area contributed by atoms with Gasteiger partial charge in [-0.2, -0.15) is 13.2 Å². The van der Waals surface area contributed by atoms with Gasteiger partial charge in [-0.3, -0.25) is 14.4 Å². The largest absolute Gasteiger partial charge is 0.451 e. The van der Waals surface area contributed by atoms with E-state index < -0.39 is 54.0 Å². The Kier molecular flexibility index (Phi) is 7.73. The highest BCUT2D eigenvalue weighted by Gasteiger charge is 2.30. The summed E-state index contributed by atoms with van der Waals surface area (Å²) in [7, 11) is 0. The summed E-state index contributed by atoms with van der Waals surface area (Å²) in [5.74, 6) is -2.69. The molecule has 0 fully saturated rings. The molecular weight excluding hydrogens is 420 g/mol. The number of esters is 1. The molecule has 10 heteroatoms. The van der Waals surface area contributed by atoms with Crippen LogP contribution in [0.3, 0.4) is 0 Å². The number of alkyl halides is 3. The number of carbonyl (C=O) groups excluding carboxylic acids is 3. The van der Waals surface area contributed by atoms with Crippen LogP contribution in [0.25, 0.3) is 0 Å². The number of hydrogen-bond donors (Lipinski definition) is 2. The van der Waals surface area contributed by atoms with Gasteiger partial charge in [-0.05, 0) is 55.8 Å². The Morgan fingerprint density at radius 1 is 0.968 bits per heavy atom. The highest BCUT2D eigenvalue weighted by atomic mass is 19.4. The molecular formula is C21H20F4N2O4. The molecule has 2 rings (SSSR count). The second-order valence-corrected chi connectivity index (χ2v) is 6.67. The van der Waals surface area contributed by atoms with Crippen molar-refractivity contribution >= 4 is 17.8 Å². The lowest BCUT2D eigenvalue weighted by Gasteiger charge is -2.18. The predicted octanol–water partition coefficient (Wildman–Crippen LogP) is 3.38. The first kappa shape index (κ1) is 23.8. The number of carbonyl (C=O) groups is 3. The van der Waals surface area contributed by atoms with E-state index in [-0.39, 0.29) is 5.56 Å². The Balaban J connectivity index is 1.81. The van der Waals surface area contributed by atoms with E-state index in [1.54, 1.807) is 6.92 Å². The molecule has 0 heterocycles. The average Bonchev–Trinajstić information content (AvgIpc) is 2.71. The molecule has 0 bridgehead atoms. The van der Waals surface area contributed by atoms with Crippen molar-refractivity contribution in [1.82, 2.24) is 10.6 Å². The third-order valence-electron chi connectivity index (χ3n) is 4.27. The van der Waals surface area contributed by atoms with E-state index in [9.17, 15) is 31.9 Å². The Morgan fingerprint density at radius 2 is 1.55 bits per heavy atom. The Hall–Kier alpha value is -3.43. The van der Waals surface area contributed by atoms with Crippen LogP contribution in [0.15, 0.2) is 48.5 Å². The Bertz CT molecular complexity index is 928. The molecule has 0 aliphatic carbocycles. The number of ether oxygens (including phenoxy) is 1. The van der Waals surface area contributed by atoms with E-state index in [1.807, 2.05) is 0 Å². The van der Waals surface area contributed by atoms with E-state index in [1.165, 1.54) is 31.2 Å². The maximum Gasteiger partial charge on any atom is 0.416 e. The zero-order valence-corrected chi connectivity index (χ0v) is 16.6. The first-order valence-corrected chi connectivity index (χ1v) is 9.18. The van der Waals surface area contributed by atoms with Gasteiger partial charge in [-0.1, -0.05) is 12.1 Å². The first-order valence-electron chi connectivity index (χ1n) is 9.18. The summed E-state index contributed by atoms with van der Waals surface area (Å²) in [4.78, 5) is 36.0. The zero-order valence-electron chi connectivity index (χ0n) is 16.6. The van der Waals surface area contributed by atoms with Gasteiger partial charge in [0.05, 0.1) is 11.6 Å². The maximum absolute atomic E-state index is 13.0. The standard InChI is InChI=1S/C21H20F4N2O4/c1-12(14-5-9-17(22)10-6-14)27-19(29)13(2)31-18(28)11-26-20(30)15-3-7-16(8-4-15)21(23,24)25/h3-10,12-13H,11H2,1-2H3,(H,26,30)(H,27,29). The van der Waals surface area contributed by atoms with Crippen molar-refractivity contribution in [3.8, 4) is 0 Å². The predicted molar refractivity (Wildman–Crippen MR) is 102 cm³/mol. The molecule has 2 atom stereocenters. The normalized spacial score (nSPS) is 13.1. The maximum atomic E-state index is 13.0. The quantitative estimate of drug-likeness (QED) is 0.511. The van der Waals surface area contributed by atoms with Crippen LogP contribution < -0.4 is 10.6 Å². The number of rotatable bonds is 7. The monoisotopic (exact) mass is 440 g/mol. The van der Waals surface area contributed by atoms with Gasteiger partial charge < -0.3 is 15.4 Å². The molecule has 2 N–H and O–H groups in total. The summed E-state index contributed by atoms with van der Waals surface area (Å²) >= 11 is 0. The SMILES string of the molecule is CC(OC(=O)CNC(=O)c1ccc(C(F)(F)F)cc1)C(=O)NC(C)c1ccc(F)cc1. The summed E-state index contributed by atoms with van der Waals surface area (Å²) in [5, 5.41) is 4.82. The van der Waals surface area contributed by atoms with Crippen molar-refractivity contribution in [3.63, 3.8) is 0 Å². The summed E-state index contributed by atoms with van der Waals surface area (Å²) in [6.07, 6.45) is -5.69. The third-order valence-corrected chi connectivity index (χ3v) is 4.27. The molecule has 166 valence electrons. The topological polar surface area (TPSA) is 84.5 Å². The number of nitrogens with one attached hydrogen (secondary N) is 2. The van der Waals surface area contributed by atoms with Gasteiger partial charge in [-0.15, -0.1) is 0 Å². The van der Waals surface area contributed by atoms with Crippen molar-refractivity contribution in [2.24, 2.45) is 0 Å². The molecule has 0 aliphatic heterocycles. The van der Waals surface area contributed by atoms with Gasteiger partial charge in [0, 0.05) is 5.56 Å². The summed E-state index contributed by atoms with van der Waals surface area (Å²) < 4.78 is 55.5. The Morgan fingerprint density at radius 3 is 2.10 bits per heavy atom. The van der Waals surface area contributed by atoms with E-state index in [2.05, 4.69) is 10.6 Å². The van der Waals surface area contributed by atoms with Crippen LogP contribution in [-0.4, -0.2) is 30.4 Å². The van der Waals surface area contributed by atoms with Crippen LogP contribution in [0.4, 0.5) is 17.6 Å². The van der Waals surface area contributed by atoms with E-state index in [0.29, 0.717) is 5.56 Å². The zero-order chi connectivity index (χ0) is 23.2. The highest BCUT2D eigenvalue weighted by molar-refractivity contribution is 5.96. The molecule has 6 nitrogen and oxygen atoms in total. The summed E-state index contributed by atoms with van der Waals surface area (Å²) in [6.45, 7) is 2.43. The minimum Gasteiger partial charge on any atom is -0.451 e. The Labute approximate surface area is 175 Å². The summed E-state index contributed by atoms with van der Waals surface area (Å²) in [6, 6.07) is 8.52. The first-order chi connectivity index (χ1) is 14.5. The molecule has 2 unspecified atom stereocenters. The minimum absolute atomic E-state index is 0.0697. The smallest absolute Gasteiger partial charge is 0.416 e. The summed E-state index contributed by atoms with van der Waals surface area (Å²) in [5.41, 5.74) is -0.324. The molecule has 2 aromatic carbocycles. The number of halogens is 4. The third kappa shape index (κ3) is 7.09. The van der Waals surface area contributed by atoms with Crippen molar-refractivity contribution in [3.05, 3.63) is 71.0 Å². The van der Waals surface area contributed by atoms with Crippen LogP contribution in [0.2, 0.25) is 0 Å². The molecule has 2 aromatic rings. The van der Waals surface area contributed by atoms with E-state index in [4.69, 9.17) is 4.74 Å². The van der Waals surface area contributed by atoms with Crippen LogP contribution in [0.5, 0.6) is 0 Å². The lowest BCUT2D eigenvalue weighted by Crippen LogP contribution is -2.39. The highest BCUT2D eigenvalue weighted by Crippen LogP contribution is 2.29. The number of hydrogen-bond acceptors (Lipinski definition) is 4. The van der Waals surface area contributed by atoms with Gasteiger partial charge in [-0.25, -0.2) is 4.39 Å². The molecule has 0 spiro atoms. The van der Waals surface area contributed by atoms with Gasteiger partial charge >= 0.3 is 12.1 Å². The van der Waals surface area contributed by atoms with E-state index >= 15 is 0 Å². The van der Waals surface area contributed by atoms with Crippen molar-refractivity contribution in [2.45, 2.75) is 32.2 Å². The van der Waals surface area contributed by atoms with Crippen LogP contribution in [-0.2, 0) is 20.5 Å². The van der Waals surface area contributed by atoms with Crippen LogP contribution in [0, 0.1) is 5.82 Å². The van der Waals surface area contributed by atoms with Crippen molar-refractivity contribution in [2.75, 3.05) is 6.54 Å². The number of amides is 2. The van der Waals surface area contributed by atoms with E-state index in [0.717, 1.165) is 24.3 Å². The number of benzene rings is 2. The molecule has 0 aromatic heterocycles. The fourth-order valence-electron chi connectivity index (χ4n) is 2.52. The fraction of sp³-hybridized carbons (Fsp3) is 0.286.